The van der Waals surface area contributed by atoms with Gasteiger partial charge in [-0.05, 0) is 29.3 Å². The Kier molecular flexibility index (Phi) is 5.43. The highest BCUT2D eigenvalue weighted by molar-refractivity contribution is 5.93. The average Bonchev–Trinajstić information content (AvgIpc) is 2.66. The summed E-state index contributed by atoms with van der Waals surface area (Å²) in [5.41, 5.74) is 0.970. The molecule has 0 saturated heterocycles. The average molecular weight is 351 g/mol. The van der Waals surface area contributed by atoms with Crippen molar-refractivity contribution in [2.24, 2.45) is 0 Å². The number of amides is 1. The van der Waals surface area contributed by atoms with Gasteiger partial charge >= 0.3 is 0 Å². The fourth-order valence-corrected chi connectivity index (χ4v) is 2.88. The molecule has 6 nitrogen and oxygen atoms in total. The van der Waals surface area contributed by atoms with Crippen molar-refractivity contribution in [3.63, 3.8) is 0 Å². The van der Waals surface area contributed by atoms with Gasteiger partial charge in [-0.15, -0.1) is 0 Å². The van der Waals surface area contributed by atoms with Crippen molar-refractivity contribution in [2.45, 2.75) is 19.5 Å². The number of rotatable bonds is 6. The van der Waals surface area contributed by atoms with Gasteiger partial charge in [-0.2, -0.15) is 5.10 Å². The van der Waals surface area contributed by atoms with Gasteiger partial charge in [0.05, 0.1) is 19.2 Å². The Morgan fingerprint density at radius 2 is 1.92 bits per heavy atom. The van der Waals surface area contributed by atoms with E-state index in [0.717, 1.165) is 16.3 Å². The smallest absolute Gasteiger partial charge is 0.272 e. The number of nitrogens with one attached hydrogen (secondary N) is 1. The Morgan fingerprint density at radius 1 is 1.15 bits per heavy atom. The molecule has 1 unspecified atom stereocenters. The highest BCUT2D eigenvalue weighted by Gasteiger charge is 2.15. The van der Waals surface area contributed by atoms with Crippen molar-refractivity contribution in [1.82, 2.24) is 15.1 Å². The Morgan fingerprint density at radius 3 is 2.73 bits per heavy atom. The maximum absolute atomic E-state index is 12.6. The van der Waals surface area contributed by atoms with Gasteiger partial charge in [-0.25, -0.2) is 4.68 Å². The van der Waals surface area contributed by atoms with Crippen LogP contribution < -0.4 is 10.9 Å². The summed E-state index contributed by atoms with van der Waals surface area (Å²) >= 11 is 0. The molecule has 0 aliphatic heterocycles. The van der Waals surface area contributed by atoms with E-state index in [1.54, 1.807) is 7.11 Å². The number of benzene rings is 2. The van der Waals surface area contributed by atoms with Crippen molar-refractivity contribution in [2.75, 3.05) is 13.7 Å². The van der Waals surface area contributed by atoms with Crippen LogP contribution >= 0.6 is 0 Å². The van der Waals surface area contributed by atoms with E-state index in [9.17, 15) is 9.59 Å². The molecule has 0 aliphatic rings. The van der Waals surface area contributed by atoms with Gasteiger partial charge in [-0.1, -0.05) is 42.5 Å². The number of hydrogen-bond donors (Lipinski definition) is 1. The third-order valence-electron chi connectivity index (χ3n) is 4.24. The minimum absolute atomic E-state index is 0.199. The van der Waals surface area contributed by atoms with Gasteiger partial charge in [0, 0.05) is 13.2 Å². The number of ether oxygens (including phenoxy) is 1. The molecule has 26 heavy (non-hydrogen) atoms. The summed E-state index contributed by atoms with van der Waals surface area (Å²) in [5.74, 6) is -0.323. The van der Waals surface area contributed by atoms with Crippen molar-refractivity contribution in [3.05, 3.63) is 76.2 Å². The lowest BCUT2D eigenvalue weighted by atomic mass is 9.99. The molecule has 1 heterocycles. The molecule has 134 valence electrons. The lowest BCUT2D eigenvalue weighted by Gasteiger charge is -2.16. The zero-order valence-electron chi connectivity index (χ0n) is 14.8. The maximum Gasteiger partial charge on any atom is 0.272 e. The van der Waals surface area contributed by atoms with Gasteiger partial charge in [0.1, 0.15) is 5.69 Å². The van der Waals surface area contributed by atoms with E-state index in [-0.39, 0.29) is 23.2 Å². The molecular weight excluding hydrogens is 330 g/mol. The molecule has 0 radical (unpaired) electrons. The van der Waals surface area contributed by atoms with Crippen LogP contribution in [0.5, 0.6) is 0 Å². The number of methoxy groups -OCH3 is 1. The first kappa shape index (κ1) is 17.8. The second kappa shape index (κ2) is 7.93. The molecule has 2 aromatic carbocycles. The van der Waals surface area contributed by atoms with Crippen LogP contribution in [0.2, 0.25) is 0 Å². The summed E-state index contributed by atoms with van der Waals surface area (Å²) in [4.78, 5) is 24.4. The molecule has 3 rings (SSSR count). The molecule has 3 aromatic rings. The Bertz CT molecular complexity index is 976. The molecule has 0 fully saturated rings. The van der Waals surface area contributed by atoms with Gasteiger partial charge in [-0.3, -0.25) is 9.59 Å². The van der Waals surface area contributed by atoms with E-state index in [1.807, 2.05) is 49.4 Å². The minimum atomic E-state index is -0.323. The molecule has 1 amide bonds. The van der Waals surface area contributed by atoms with Crippen LogP contribution in [-0.4, -0.2) is 29.4 Å². The van der Waals surface area contributed by atoms with Crippen LogP contribution in [0.1, 0.15) is 29.0 Å². The summed E-state index contributed by atoms with van der Waals surface area (Å²) in [5, 5.41) is 9.31. The molecule has 1 aromatic heterocycles. The molecule has 1 atom stereocenters. The van der Waals surface area contributed by atoms with Crippen LogP contribution in [-0.2, 0) is 11.3 Å². The van der Waals surface area contributed by atoms with E-state index in [4.69, 9.17) is 4.74 Å². The van der Waals surface area contributed by atoms with E-state index >= 15 is 0 Å². The Hall–Kier alpha value is -2.99. The number of fused-ring (bicyclic) bond motifs is 1. The van der Waals surface area contributed by atoms with Crippen molar-refractivity contribution in [3.8, 4) is 0 Å². The monoisotopic (exact) mass is 351 g/mol. The third-order valence-corrected chi connectivity index (χ3v) is 4.24. The second-order valence-corrected chi connectivity index (χ2v) is 6.04. The quantitative estimate of drug-likeness (QED) is 0.741. The van der Waals surface area contributed by atoms with Crippen LogP contribution in [0.25, 0.3) is 10.8 Å². The highest BCUT2D eigenvalue weighted by atomic mass is 16.5. The molecule has 0 saturated carbocycles. The van der Waals surface area contributed by atoms with E-state index in [2.05, 4.69) is 10.4 Å². The van der Waals surface area contributed by atoms with E-state index in [0.29, 0.717) is 13.2 Å². The summed E-state index contributed by atoms with van der Waals surface area (Å²) in [6, 6.07) is 16.7. The predicted octanol–water partition coefficient (Wildman–Crippen LogP) is 2.53. The van der Waals surface area contributed by atoms with Crippen molar-refractivity contribution in [1.29, 1.82) is 0 Å². The zero-order valence-corrected chi connectivity index (χ0v) is 14.8. The normalized spacial score (nSPS) is 12.1. The second-order valence-electron chi connectivity index (χ2n) is 6.04. The summed E-state index contributed by atoms with van der Waals surface area (Å²) in [6.45, 7) is 2.58. The molecule has 0 spiro atoms. The molecule has 0 aliphatic carbocycles. The van der Waals surface area contributed by atoms with Crippen molar-refractivity contribution < 1.29 is 9.53 Å². The van der Waals surface area contributed by atoms with Gasteiger partial charge in [0.15, 0.2) is 0 Å². The molecular formula is C20H21N3O3. The fraction of sp³-hybridized carbons (Fsp3) is 0.250. The van der Waals surface area contributed by atoms with Crippen molar-refractivity contribution >= 4 is 16.7 Å². The number of nitrogens with zero attached hydrogens (tertiary/aromatic N) is 2. The van der Waals surface area contributed by atoms with Crippen LogP contribution in [0.4, 0.5) is 0 Å². The highest BCUT2D eigenvalue weighted by Crippen LogP contribution is 2.24. The first-order valence-electron chi connectivity index (χ1n) is 8.46. The predicted molar refractivity (Wildman–Crippen MR) is 100 cm³/mol. The molecule has 6 heteroatoms. The first-order valence-corrected chi connectivity index (χ1v) is 8.46. The SMILES string of the molecule is COCCn1nc(C(=O)NC(C)c2cccc3ccccc23)ccc1=O. The number of aromatic nitrogens is 2. The van der Waals surface area contributed by atoms with Crippen LogP contribution in [0, 0.1) is 0 Å². The number of carbonyl (C=O) groups is 1. The topological polar surface area (TPSA) is 73.2 Å². The third kappa shape index (κ3) is 3.81. The van der Waals surface area contributed by atoms with Gasteiger partial charge in [0.2, 0.25) is 0 Å². The molecule has 0 bridgehead atoms. The summed E-state index contributed by atoms with van der Waals surface area (Å²) < 4.78 is 6.20. The van der Waals surface area contributed by atoms with E-state index < -0.39 is 0 Å². The lowest BCUT2D eigenvalue weighted by Crippen LogP contribution is -2.31. The molecule has 1 N–H and O–H groups in total. The maximum atomic E-state index is 12.6. The summed E-state index contributed by atoms with van der Waals surface area (Å²) in [6.07, 6.45) is 0. The first-order chi connectivity index (χ1) is 12.6. The number of carbonyl (C=O) groups excluding carboxylic acids is 1. The van der Waals surface area contributed by atoms with E-state index in [1.165, 1.54) is 16.8 Å². The van der Waals surface area contributed by atoms with Crippen LogP contribution in [0.3, 0.4) is 0 Å². The number of hydrogen-bond acceptors (Lipinski definition) is 4. The fourth-order valence-electron chi connectivity index (χ4n) is 2.88. The van der Waals surface area contributed by atoms with Gasteiger partial charge in [0.25, 0.3) is 11.5 Å². The largest absolute Gasteiger partial charge is 0.383 e. The zero-order chi connectivity index (χ0) is 18.5. The lowest BCUT2D eigenvalue weighted by molar-refractivity contribution is 0.0931. The van der Waals surface area contributed by atoms with Gasteiger partial charge < -0.3 is 10.1 Å². The summed E-state index contributed by atoms with van der Waals surface area (Å²) in [7, 11) is 1.55. The Labute approximate surface area is 151 Å². The minimum Gasteiger partial charge on any atom is -0.383 e. The van der Waals surface area contributed by atoms with Crippen LogP contribution in [0.15, 0.2) is 59.4 Å². The Balaban J connectivity index is 1.82. The standard InChI is InChI=1S/C20H21N3O3/c1-14(16-9-5-7-15-6-3-4-8-17(15)16)21-20(25)18-10-11-19(24)23(22-18)12-13-26-2/h3-11,14H,12-13H2,1-2H3,(H,21,25).